The van der Waals surface area contributed by atoms with Crippen molar-refractivity contribution in [2.75, 3.05) is 6.61 Å². The van der Waals surface area contributed by atoms with Gasteiger partial charge in [-0.3, -0.25) is 9.59 Å². The van der Waals surface area contributed by atoms with Gasteiger partial charge in [0.1, 0.15) is 11.8 Å². The first-order chi connectivity index (χ1) is 14.4. The standard InChI is InChI=1S/C22H24BrCl3N2O3/c1-13(21(30)27-22(2,3)4)28(11-15-17(25)6-5-7-18(15)26)20(29)12-31-19-9-8-14(24)10-16(19)23/h5-10,13H,11-12H2,1-4H3,(H,27,30)/t13-/m0/s1. The maximum atomic E-state index is 13.1. The molecule has 0 heterocycles. The molecule has 2 amide bonds. The van der Waals surface area contributed by atoms with Crippen molar-refractivity contribution in [2.45, 2.75) is 45.8 Å². The third-order valence-corrected chi connectivity index (χ3v) is 5.86. The zero-order valence-corrected chi connectivity index (χ0v) is 21.5. The highest BCUT2D eigenvalue weighted by Crippen LogP contribution is 2.29. The Morgan fingerprint density at radius 3 is 2.29 bits per heavy atom. The molecule has 0 saturated heterocycles. The fraction of sp³-hybridized carbons (Fsp3) is 0.364. The molecule has 9 heteroatoms. The summed E-state index contributed by atoms with van der Waals surface area (Å²) < 4.78 is 6.29. The van der Waals surface area contributed by atoms with Crippen LogP contribution in [0.15, 0.2) is 40.9 Å². The van der Waals surface area contributed by atoms with Gasteiger partial charge in [-0.15, -0.1) is 0 Å². The van der Waals surface area contributed by atoms with Crippen molar-refractivity contribution in [3.63, 3.8) is 0 Å². The number of hydrogen-bond acceptors (Lipinski definition) is 3. The van der Waals surface area contributed by atoms with Gasteiger partial charge in [0, 0.05) is 32.7 Å². The van der Waals surface area contributed by atoms with E-state index in [1.165, 1.54) is 4.90 Å². The van der Waals surface area contributed by atoms with Crippen molar-refractivity contribution >= 4 is 62.5 Å². The predicted molar refractivity (Wildman–Crippen MR) is 129 cm³/mol. The van der Waals surface area contributed by atoms with E-state index in [2.05, 4.69) is 21.2 Å². The molecule has 0 aromatic heterocycles. The van der Waals surface area contributed by atoms with Crippen molar-refractivity contribution in [3.05, 3.63) is 61.5 Å². The van der Waals surface area contributed by atoms with E-state index in [0.29, 0.717) is 30.9 Å². The number of benzene rings is 2. The van der Waals surface area contributed by atoms with Gasteiger partial charge in [0.2, 0.25) is 5.91 Å². The molecule has 0 radical (unpaired) electrons. The van der Waals surface area contributed by atoms with Gasteiger partial charge in [0.15, 0.2) is 6.61 Å². The van der Waals surface area contributed by atoms with Gasteiger partial charge in [0.25, 0.3) is 5.91 Å². The number of nitrogens with one attached hydrogen (secondary N) is 1. The van der Waals surface area contributed by atoms with Crippen molar-refractivity contribution in [3.8, 4) is 5.75 Å². The first-order valence-electron chi connectivity index (χ1n) is 9.51. The number of carbonyl (C=O) groups is 2. The van der Waals surface area contributed by atoms with Crippen LogP contribution in [0, 0.1) is 0 Å². The maximum Gasteiger partial charge on any atom is 0.261 e. The Balaban J connectivity index is 2.27. The molecule has 0 aliphatic heterocycles. The molecule has 2 aromatic carbocycles. The largest absolute Gasteiger partial charge is 0.483 e. The molecule has 0 unspecified atom stereocenters. The summed E-state index contributed by atoms with van der Waals surface area (Å²) in [6.07, 6.45) is 0. The first-order valence-corrected chi connectivity index (χ1v) is 11.4. The highest BCUT2D eigenvalue weighted by atomic mass is 79.9. The summed E-state index contributed by atoms with van der Waals surface area (Å²) in [7, 11) is 0. The van der Waals surface area contributed by atoms with Gasteiger partial charge in [-0.1, -0.05) is 40.9 Å². The number of rotatable bonds is 7. The predicted octanol–water partition coefficient (Wildman–Crippen LogP) is 6.12. The second kappa shape index (κ2) is 10.9. The van der Waals surface area contributed by atoms with Gasteiger partial charge in [-0.2, -0.15) is 0 Å². The van der Waals surface area contributed by atoms with Crippen LogP contribution in [0.2, 0.25) is 15.1 Å². The maximum absolute atomic E-state index is 13.1. The Labute approximate surface area is 206 Å². The highest BCUT2D eigenvalue weighted by molar-refractivity contribution is 9.10. The average molecular weight is 551 g/mol. The lowest BCUT2D eigenvalue weighted by atomic mass is 10.1. The number of hydrogen-bond donors (Lipinski definition) is 1. The van der Waals surface area contributed by atoms with Crippen molar-refractivity contribution < 1.29 is 14.3 Å². The van der Waals surface area contributed by atoms with E-state index < -0.39 is 17.5 Å². The number of ether oxygens (including phenoxy) is 1. The second-order valence-electron chi connectivity index (χ2n) is 8.00. The average Bonchev–Trinajstić information content (AvgIpc) is 2.65. The van der Waals surface area contributed by atoms with Crippen LogP contribution >= 0.6 is 50.7 Å². The lowest BCUT2D eigenvalue weighted by Crippen LogP contribution is -2.53. The number of nitrogens with zero attached hydrogens (tertiary/aromatic N) is 1. The van der Waals surface area contributed by atoms with Crippen LogP contribution in [0.1, 0.15) is 33.3 Å². The number of carbonyl (C=O) groups excluding carboxylic acids is 2. The Hall–Kier alpha value is -1.47. The highest BCUT2D eigenvalue weighted by Gasteiger charge is 2.29. The molecule has 5 nitrogen and oxygen atoms in total. The lowest BCUT2D eigenvalue weighted by Gasteiger charge is -2.31. The van der Waals surface area contributed by atoms with E-state index in [4.69, 9.17) is 39.5 Å². The molecule has 1 atom stereocenters. The summed E-state index contributed by atoms with van der Waals surface area (Å²) in [4.78, 5) is 27.3. The normalized spacial score (nSPS) is 12.3. The summed E-state index contributed by atoms with van der Waals surface area (Å²) in [6.45, 7) is 7.04. The zero-order chi connectivity index (χ0) is 23.3. The van der Waals surface area contributed by atoms with Crippen LogP contribution in [0.5, 0.6) is 5.75 Å². The summed E-state index contributed by atoms with van der Waals surface area (Å²) in [5.41, 5.74) is 0.106. The molecule has 0 spiro atoms. The molecule has 0 aliphatic rings. The minimum atomic E-state index is -0.781. The molecule has 31 heavy (non-hydrogen) atoms. The third kappa shape index (κ3) is 7.56. The molecule has 2 aromatic rings. The molecule has 0 aliphatic carbocycles. The lowest BCUT2D eigenvalue weighted by molar-refractivity contribution is -0.142. The van der Waals surface area contributed by atoms with Gasteiger partial charge in [-0.25, -0.2) is 0 Å². The molecule has 1 N–H and O–H groups in total. The van der Waals surface area contributed by atoms with Crippen LogP contribution in [-0.2, 0) is 16.1 Å². The number of amides is 2. The van der Waals surface area contributed by atoms with E-state index >= 15 is 0 Å². The van der Waals surface area contributed by atoms with Crippen molar-refractivity contribution in [1.82, 2.24) is 10.2 Å². The summed E-state index contributed by atoms with van der Waals surface area (Å²) in [5.74, 6) is -0.230. The summed E-state index contributed by atoms with van der Waals surface area (Å²) in [6, 6.07) is 9.30. The first kappa shape index (κ1) is 25.8. The second-order valence-corrected chi connectivity index (χ2v) is 10.1. The fourth-order valence-electron chi connectivity index (χ4n) is 2.73. The van der Waals surface area contributed by atoms with Crippen LogP contribution in [0.3, 0.4) is 0 Å². The van der Waals surface area contributed by atoms with Gasteiger partial charge >= 0.3 is 0 Å². The Bertz CT molecular complexity index is 943. The van der Waals surface area contributed by atoms with Crippen molar-refractivity contribution in [1.29, 1.82) is 0 Å². The van der Waals surface area contributed by atoms with Gasteiger partial charge in [0.05, 0.1) is 4.47 Å². The minimum Gasteiger partial charge on any atom is -0.483 e. The quantitative estimate of drug-likeness (QED) is 0.452. The number of halogens is 4. The molecular formula is C22H24BrCl3N2O3. The molecule has 0 bridgehead atoms. The Morgan fingerprint density at radius 2 is 1.74 bits per heavy atom. The van der Waals surface area contributed by atoms with Crippen LogP contribution in [-0.4, -0.2) is 34.9 Å². The summed E-state index contributed by atoms with van der Waals surface area (Å²) >= 11 is 21.9. The summed E-state index contributed by atoms with van der Waals surface area (Å²) in [5, 5.41) is 4.26. The Morgan fingerprint density at radius 1 is 1.13 bits per heavy atom. The SMILES string of the molecule is C[C@@H](C(=O)NC(C)(C)C)N(Cc1c(Cl)cccc1Cl)C(=O)COc1ccc(Cl)cc1Br. The Kier molecular flexibility index (Phi) is 9.07. The molecule has 0 fully saturated rings. The molecule has 168 valence electrons. The monoisotopic (exact) mass is 548 g/mol. The van der Waals surface area contributed by atoms with Crippen molar-refractivity contribution in [2.24, 2.45) is 0 Å². The van der Waals surface area contributed by atoms with Crippen LogP contribution in [0.25, 0.3) is 0 Å². The molecular weight excluding hydrogens is 527 g/mol. The third-order valence-electron chi connectivity index (χ3n) is 4.30. The van der Waals surface area contributed by atoms with E-state index in [0.717, 1.165) is 0 Å². The smallest absolute Gasteiger partial charge is 0.261 e. The molecule has 2 rings (SSSR count). The van der Waals surface area contributed by atoms with Crippen LogP contribution < -0.4 is 10.1 Å². The fourth-order valence-corrected chi connectivity index (χ4v) is 4.04. The van der Waals surface area contributed by atoms with Crippen LogP contribution in [0.4, 0.5) is 0 Å². The van der Waals surface area contributed by atoms with E-state index in [-0.39, 0.29) is 19.1 Å². The zero-order valence-electron chi connectivity index (χ0n) is 17.6. The van der Waals surface area contributed by atoms with E-state index in [1.54, 1.807) is 43.3 Å². The van der Waals surface area contributed by atoms with Gasteiger partial charge in [-0.05, 0) is 74.0 Å². The topological polar surface area (TPSA) is 58.6 Å². The van der Waals surface area contributed by atoms with E-state index in [9.17, 15) is 9.59 Å². The van der Waals surface area contributed by atoms with Gasteiger partial charge < -0.3 is 15.0 Å². The molecule has 0 saturated carbocycles. The minimum absolute atomic E-state index is 0.0568. The van der Waals surface area contributed by atoms with E-state index in [1.807, 2.05) is 20.8 Å².